The van der Waals surface area contributed by atoms with Crippen molar-refractivity contribution in [2.45, 2.75) is 24.9 Å². The van der Waals surface area contributed by atoms with Gasteiger partial charge in [-0.1, -0.05) is 0 Å². The zero-order chi connectivity index (χ0) is 19.3. The molecule has 0 atom stereocenters. The number of anilines is 2. The molecule has 1 fully saturated rings. The third-order valence-corrected chi connectivity index (χ3v) is 4.72. The van der Waals surface area contributed by atoms with Gasteiger partial charge in [0.05, 0.1) is 29.3 Å². The molecule has 1 aliphatic carbocycles. The topological polar surface area (TPSA) is 112 Å². The van der Waals surface area contributed by atoms with Crippen molar-refractivity contribution in [2.75, 3.05) is 11.1 Å². The van der Waals surface area contributed by atoms with E-state index in [0.717, 1.165) is 23.9 Å². The van der Waals surface area contributed by atoms with Crippen LogP contribution in [0.15, 0.2) is 43.1 Å². The van der Waals surface area contributed by atoms with Gasteiger partial charge in [0.1, 0.15) is 0 Å². The van der Waals surface area contributed by atoms with Gasteiger partial charge in [-0.05, 0) is 31.0 Å². The molecule has 28 heavy (non-hydrogen) atoms. The lowest BCUT2D eigenvalue weighted by Gasteiger charge is -2.15. The average Bonchev–Trinajstić information content (AvgIpc) is 3.11. The van der Waals surface area contributed by atoms with Gasteiger partial charge < -0.3 is 15.5 Å². The molecule has 0 amide bonds. The first-order valence-electron chi connectivity index (χ1n) is 8.58. The monoisotopic (exact) mass is 383 g/mol. The van der Waals surface area contributed by atoms with Crippen LogP contribution in [0.25, 0.3) is 16.9 Å². The molecule has 4 heterocycles. The van der Waals surface area contributed by atoms with Crippen molar-refractivity contribution in [2.24, 2.45) is 0 Å². The SMILES string of the molecule is Nc1nc(NC2(c3ccn(C(F)F)n3)CC2)nc(-c2ccc3cncn3c2)n1. The van der Waals surface area contributed by atoms with Crippen LogP contribution >= 0.6 is 0 Å². The van der Waals surface area contributed by atoms with Crippen molar-refractivity contribution in [3.8, 4) is 11.4 Å². The number of fused-ring (bicyclic) bond motifs is 1. The van der Waals surface area contributed by atoms with Crippen molar-refractivity contribution in [1.82, 2.24) is 34.1 Å². The number of hydrogen-bond acceptors (Lipinski definition) is 7. The van der Waals surface area contributed by atoms with Crippen LogP contribution in [0.1, 0.15) is 25.1 Å². The molecular weight excluding hydrogens is 368 g/mol. The molecule has 0 bridgehead atoms. The number of nitrogens with zero attached hydrogens (tertiary/aromatic N) is 7. The lowest BCUT2D eigenvalue weighted by Crippen LogP contribution is -2.22. The van der Waals surface area contributed by atoms with Crippen LogP contribution in [0.2, 0.25) is 0 Å². The summed E-state index contributed by atoms with van der Waals surface area (Å²) >= 11 is 0. The number of hydrogen-bond donors (Lipinski definition) is 2. The van der Waals surface area contributed by atoms with E-state index < -0.39 is 12.1 Å². The Labute approximate surface area is 157 Å². The molecule has 142 valence electrons. The highest BCUT2D eigenvalue weighted by Gasteiger charge is 2.47. The molecule has 0 saturated heterocycles. The predicted molar refractivity (Wildman–Crippen MR) is 96.4 cm³/mol. The van der Waals surface area contributed by atoms with Crippen molar-refractivity contribution < 1.29 is 8.78 Å². The van der Waals surface area contributed by atoms with Crippen LogP contribution in [0.4, 0.5) is 20.7 Å². The molecule has 3 N–H and O–H groups in total. The largest absolute Gasteiger partial charge is 0.368 e. The first-order valence-corrected chi connectivity index (χ1v) is 8.58. The quantitative estimate of drug-likeness (QED) is 0.544. The molecule has 4 aromatic heterocycles. The van der Waals surface area contributed by atoms with E-state index in [-0.39, 0.29) is 11.9 Å². The Morgan fingerprint density at radius 3 is 2.75 bits per heavy atom. The molecule has 1 saturated carbocycles. The summed E-state index contributed by atoms with van der Waals surface area (Å²) in [4.78, 5) is 16.9. The third kappa shape index (κ3) is 2.80. The van der Waals surface area contributed by atoms with Gasteiger partial charge in [-0.3, -0.25) is 0 Å². The Bertz CT molecular complexity index is 1160. The van der Waals surface area contributed by atoms with Gasteiger partial charge in [0.2, 0.25) is 11.9 Å². The van der Waals surface area contributed by atoms with Crippen molar-refractivity contribution in [3.05, 3.63) is 48.8 Å². The number of aromatic nitrogens is 7. The molecule has 5 rings (SSSR count). The highest BCUT2D eigenvalue weighted by atomic mass is 19.3. The molecular formula is C17H15F2N9. The van der Waals surface area contributed by atoms with E-state index in [4.69, 9.17) is 5.73 Å². The first kappa shape index (κ1) is 16.5. The number of imidazole rings is 1. The smallest absolute Gasteiger partial charge is 0.333 e. The molecule has 0 unspecified atom stereocenters. The third-order valence-electron chi connectivity index (χ3n) is 4.72. The van der Waals surface area contributed by atoms with E-state index in [1.807, 2.05) is 22.7 Å². The fraction of sp³-hybridized carbons (Fsp3) is 0.235. The lowest BCUT2D eigenvalue weighted by atomic mass is 10.2. The Morgan fingerprint density at radius 2 is 2.00 bits per heavy atom. The first-order chi connectivity index (χ1) is 13.5. The molecule has 0 spiro atoms. The number of alkyl halides is 2. The van der Waals surface area contributed by atoms with Gasteiger partial charge >= 0.3 is 6.55 Å². The summed E-state index contributed by atoms with van der Waals surface area (Å²) in [6.45, 7) is -2.68. The lowest BCUT2D eigenvalue weighted by molar-refractivity contribution is 0.0560. The maximum absolute atomic E-state index is 12.8. The van der Waals surface area contributed by atoms with Crippen LogP contribution in [0.5, 0.6) is 0 Å². The second kappa shape index (κ2) is 5.94. The summed E-state index contributed by atoms with van der Waals surface area (Å²) in [5, 5.41) is 7.16. The number of nitrogens with one attached hydrogen (secondary N) is 1. The van der Waals surface area contributed by atoms with E-state index in [0.29, 0.717) is 16.2 Å². The Kier molecular flexibility index (Phi) is 3.51. The summed E-state index contributed by atoms with van der Waals surface area (Å²) < 4.78 is 28.1. The van der Waals surface area contributed by atoms with Crippen LogP contribution < -0.4 is 11.1 Å². The molecule has 1 aliphatic rings. The Morgan fingerprint density at radius 1 is 1.14 bits per heavy atom. The van der Waals surface area contributed by atoms with Crippen LogP contribution in [-0.4, -0.2) is 34.1 Å². The summed E-state index contributed by atoms with van der Waals surface area (Å²) in [6, 6.07) is 5.34. The zero-order valence-corrected chi connectivity index (χ0v) is 14.5. The fourth-order valence-corrected chi connectivity index (χ4v) is 3.12. The molecule has 11 heteroatoms. The standard InChI is InChI=1S/C17H15F2N9/c18-14(19)28-6-3-12(26-28)17(4-5-17)25-16-23-13(22-15(20)24-16)10-1-2-11-7-21-9-27(11)8-10/h1-3,6-9,14H,4-5H2,(H3,20,22,23,24,25). The highest BCUT2D eigenvalue weighted by Crippen LogP contribution is 2.47. The summed E-state index contributed by atoms with van der Waals surface area (Å²) in [6.07, 6.45) is 7.99. The maximum atomic E-state index is 12.8. The Balaban J connectivity index is 1.47. The Hall–Kier alpha value is -3.63. The minimum atomic E-state index is -2.68. The van der Waals surface area contributed by atoms with Gasteiger partial charge in [-0.15, -0.1) is 0 Å². The van der Waals surface area contributed by atoms with Gasteiger partial charge in [0.15, 0.2) is 5.82 Å². The molecule has 4 aromatic rings. The minimum Gasteiger partial charge on any atom is -0.368 e. The summed E-state index contributed by atoms with van der Waals surface area (Å²) in [5.41, 5.74) is 7.51. The number of pyridine rings is 1. The number of halogens is 2. The fourth-order valence-electron chi connectivity index (χ4n) is 3.12. The molecule has 0 aromatic carbocycles. The predicted octanol–water partition coefficient (Wildman–Crippen LogP) is 2.46. The molecule has 0 aliphatic heterocycles. The second-order valence-electron chi connectivity index (χ2n) is 6.65. The molecule has 9 nitrogen and oxygen atoms in total. The highest BCUT2D eigenvalue weighted by molar-refractivity contribution is 5.61. The van der Waals surface area contributed by atoms with Crippen molar-refractivity contribution in [1.29, 1.82) is 0 Å². The van der Waals surface area contributed by atoms with E-state index >= 15 is 0 Å². The van der Waals surface area contributed by atoms with E-state index in [9.17, 15) is 8.78 Å². The summed E-state index contributed by atoms with van der Waals surface area (Å²) in [5.74, 6) is 0.740. The number of nitrogens with two attached hydrogens (primary N) is 1. The summed E-state index contributed by atoms with van der Waals surface area (Å²) in [7, 11) is 0. The normalized spacial score (nSPS) is 15.2. The van der Waals surface area contributed by atoms with Crippen molar-refractivity contribution >= 4 is 17.4 Å². The molecule has 0 radical (unpaired) electrons. The minimum absolute atomic E-state index is 0.0622. The maximum Gasteiger partial charge on any atom is 0.333 e. The van der Waals surface area contributed by atoms with E-state index in [1.165, 1.54) is 6.20 Å². The number of nitrogen functional groups attached to an aromatic ring is 1. The van der Waals surface area contributed by atoms with E-state index in [2.05, 4.69) is 30.4 Å². The van der Waals surface area contributed by atoms with Gasteiger partial charge in [0.25, 0.3) is 0 Å². The van der Waals surface area contributed by atoms with Crippen molar-refractivity contribution in [3.63, 3.8) is 0 Å². The van der Waals surface area contributed by atoms with Gasteiger partial charge in [-0.25, -0.2) is 9.67 Å². The number of rotatable bonds is 5. The van der Waals surface area contributed by atoms with Crippen LogP contribution in [0.3, 0.4) is 0 Å². The van der Waals surface area contributed by atoms with Crippen LogP contribution in [0, 0.1) is 0 Å². The van der Waals surface area contributed by atoms with Gasteiger partial charge in [0, 0.05) is 18.0 Å². The van der Waals surface area contributed by atoms with Gasteiger partial charge in [-0.2, -0.15) is 28.8 Å². The van der Waals surface area contributed by atoms with E-state index in [1.54, 1.807) is 18.6 Å². The average molecular weight is 383 g/mol. The van der Waals surface area contributed by atoms with Crippen LogP contribution in [-0.2, 0) is 5.54 Å². The zero-order valence-electron chi connectivity index (χ0n) is 14.5. The second-order valence-corrected chi connectivity index (χ2v) is 6.65.